The van der Waals surface area contributed by atoms with Crippen LogP contribution in [0.25, 0.3) is 0 Å². The van der Waals surface area contributed by atoms with Crippen molar-refractivity contribution < 1.29 is 4.74 Å². The summed E-state index contributed by atoms with van der Waals surface area (Å²) in [5, 5.41) is 0. The van der Waals surface area contributed by atoms with Crippen LogP contribution in [0.1, 0.15) is 12.5 Å². The van der Waals surface area contributed by atoms with Crippen molar-refractivity contribution in [1.29, 1.82) is 0 Å². The minimum atomic E-state index is 0.259. The van der Waals surface area contributed by atoms with Crippen molar-refractivity contribution in [2.24, 2.45) is 5.84 Å². The largest absolute Gasteiger partial charge is 0.481 e. The number of hydrogen-bond acceptors (Lipinski definition) is 4. The van der Waals surface area contributed by atoms with E-state index in [1.165, 1.54) is 0 Å². The van der Waals surface area contributed by atoms with Gasteiger partial charge >= 0.3 is 0 Å². The van der Waals surface area contributed by atoms with Crippen LogP contribution in [-0.4, -0.2) is 18.1 Å². The standard InChI is InChI=1S/C9H15N3O/c1-7(12-10)5-8-3-4-9(13-2)11-6-8/h3-4,6-7,12H,5,10H2,1-2H3. The van der Waals surface area contributed by atoms with E-state index in [1.54, 1.807) is 13.3 Å². The third kappa shape index (κ3) is 3.01. The molecule has 3 N–H and O–H groups in total. The van der Waals surface area contributed by atoms with Crippen molar-refractivity contribution in [2.75, 3.05) is 7.11 Å². The zero-order valence-electron chi connectivity index (χ0n) is 7.95. The van der Waals surface area contributed by atoms with Gasteiger partial charge in [0, 0.05) is 18.3 Å². The number of nitrogens with one attached hydrogen (secondary N) is 1. The lowest BCUT2D eigenvalue weighted by atomic mass is 10.1. The molecule has 0 aliphatic carbocycles. The highest BCUT2D eigenvalue weighted by molar-refractivity contribution is 5.18. The second kappa shape index (κ2) is 4.79. The highest BCUT2D eigenvalue weighted by atomic mass is 16.5. The fraction of sp³-hybridized carbons (Fsp3) is 0.444. The third-order valence-corrected chi connectivity index (χ3v) is 1.83. The zero-order chi connectivity index (χ0) is 9.68. The lowest BCUT2D eigenvalue weighted by Crippen LogP contribution is -2.34. The van der Waals surface area contributed by atoms with E-state index in [0.717, 1.165) is 12.0 Å². The molecule has 0 fully saturated rings. The predicted molar refractivity (Wildman–Crippen MR) is 51.3 cm³/mol. The molecule has 1 unspecified atom stereocenters. The molecule has 1 atom stereocenters. The van der Waals surface area contributed by atoms with Gasteiger partial charge in [-0.1, -0.05) is 6.07 Å². The van der Waals surface area contributed by atoms with Gasteiger partial charge in [0.2, 0.25) is 5.88 Å². The summed E-state index contributed by atoms with van der Waals surface area (Å²) >= 11 is 0. The highest BCUT2D eigenvalue weighted by Gasteiger charge is 2.01. The zero-order valence-corrected chi connectivity index (χ0v) is 7.95. The minimum Gasteiger partial charge on any atom is -0.481 e. The lowest BCUT2D eigenvalue weighted by Gasteiger charge is -2.09. The van der Waals surface area contributed by atoms with E-state index in [2.05, 4.69) is 10.4 Å². The molecule has 4 nitrogen and oxygen atoms in total. The van der Waals surface area contributed by atoms with Crippen LogP contribution in [0, 0.1) is 0 Å². The van der Waals surface area contributed by atoms with Crippen molar-refractivity contribution in [3.05, 3.63) is 23.9 Å². The predicted octanol–water partition coefficient (Wildman–Crippen LogP) is 0.484. The summed E-state index contributed by atoms with van der Waals surface area (Å²) in [6, 6.07) is 4.09. The number of hydrogen-bond donors (Lipinski definition) is 2. The van der Waals surface area contributed by atoms with Crippen LogP contribution in [0.15, 0.2) is 18.3 Å². The monoisotopic (exact) mass is 181 g/mol. The van der Waals surface area contributed by atoms with Crippen LogP contribution in [0.5, 0.6) is 5.88 Å². The molecule has 4 heteroatoms. The molecular weight excluding hydrogens is 166 g/mol. The Morgan fingerprint density at radius 1 is 1.62 bits per heavy atom. The molecule has 0 saturated heterocycles. The third-order valence-electron chi connectivity index (χ3n) is 1.83. The van der Waals surface area contributed by atoms with Gasteiger partial charge in [0.25, 0.3) is 0 Å². The first kappa shape index (κ1) is 9.95. The Morgan fingerprint density at radius 2 is 2.38 bits per heavy atom. The summed E-state index contributed by atoms with van der Waals surface area (Å²) in [6.45, 7) is 2.02. The maximum absolute atomic E-state index is 5.28. The van der Waals surface area contributed by atoms with Gasteiger partial charge in [-0.3, -0.25) is 11.3 Å². The second-order valence-corrected chi connectivity index (χ2v) is 2.98. The van der Waals surface area contributed by atoms with Gasteiger partial charge in [0.15, 0.2) is 0 Å². The number of nitrogens with zero attached hydrogens (tertiary/aromatic N) is 1. The molecule has 0 aliphatic rings. The van der Waals surface area contributed by atoms with Gasteiger partial charge in [-0.2, -0.15) is 0 Å². The number of aromatic nitrogens is 1. The van der Waals surface area contributed by atoms with E-state index in [-0.39, 0.29) is 6.04 Å². The number of hydrazine groups is 1. The molecule has 1 rings (SSSR count). The van der Waals surface area contributed by atoms with E-state index in [4.69, 9.17) is 10.6 Å². The van der Waals surface area contributed by atoms with Crippen molar-refractivity contribution in [3.63, 3.8) is 0 Å². The molecule has 0 spiro atoms. The Kier molecular flexibility index (Phi) is 3.67. The van der Waals surface area contributed by atoms with Crippen molar-refractivity contribution in [2.45, 2.75) is 19.4 Å². The summed E-state index contributed by atoms with van der Waals surface area (Å²) in [4.78, 5) is 4.09. The van der Waals surface area contributed by atoms with Crippen LogP contribution >= 0.6 is 0 Å². The lowest BCUT2D eigenvalue weighted by molar-refractivity contribution is 0.397. The van der Waals surface area contributed by atoms with Gasteiger partial charge < -0.3 is 4.74 Å². The normalized spacial score (nSPS) is 12.5. The average molecular weight is 181 g/mol. The maximum Gasteiger partial charge on any atom is 0.212 e. The summed E-state index contributed by atoms with van der Waals surface area (Å²) in [5.41, 5.74) is 3.83. The maximum atomic E-state index is 5.28. The van der Waals surface area contributed by atoms with Crippen molar-refractivity contribution in [3.8, 4) is 5.88 Å². The molecule has 0 radical (unpaired) electrons. The van der Waals surface area contributed by atoms with Gasteiger partial charge in [-0.15, -0.1) is 0 Å². The molecular formula is C9H15N3O. The SMILES string of the molecule is COc1ccc(CC(C)NN)cn1. The highest BCUT2D eigenvalue weighted by Crippen LogP contribution is 2.07. The fourth-order valence-corrected chi connectivity index (χ4v) is 1.06. The number of nitrogens with two attached hydrogens (primary N) is 1. The van der Waals surface area contributed by atoms with E-state index in [9.17, 15) is 0 Å². The topological polar surface area (TPSA) is 60.2 Å². The number of pyridine rings is 1. The Morgan fingerprint density at radius 3 is 2.85 bits per heavy atom. The Bertz CT molecular complexity index is 248. The Hall–Kier alpha value is -1.13. The number of rotatable bonds is 4. The Balaban J connectivity index is 2.58. The first-order valence-corrected chi connectivity index (χ1v) is 4.21. The fourth-order valence-electron chi connectivity index (χ4n) is 1.06. The summed E-state index contributed by atoms with van der Waals surface area (Å²) in [7, 11) is 1.60. The van der Waals surface area contributed by atoms with E-state index in [0.29, 0.717) is 5.88 Å². The molecule has 0 bridgehead atoms. The van der Waals surface area contributed by atoms with Crippen LogP contribution < -0.4 is 16.0 Å². The second-order valence-electron chi connectivity index (χ2n) is 2.98. The molecule has 1 aromatic heterocycles. The smallest absolute Gasteiger partial charge is 0.212 e. The van der Waals surface area contributed by atoms with E-state index < -0.39 is 0 Å². The van der Waals surface area contributed by atoms with Crippen molar-refractivity contribution >= 4 is 0 Å². The van der Waals surface area contributed by atoms with Gasteiger partial charge in [-0.05, 0) is 18.9 Å². The van der Waals surface area contributed by atoms with Crippen LogP contribution in [0.3, 0.4) is 0 Å². The summed E-state index contributed by atoms with van der Waals surface area (Å²) in [6.07, 6.45) is 2.67. The molecule has 1 heterocycles. The molecule has 0 aliphatic heterocycles. The Labute approximate surface area is 78.1 Å². The van der Waals surface area contributed by atoms with Crippen LogP contribution in [-0.2, 0) is 6.42 Å². The number of methoxy groups -OCH3 is 1. The minimum absolute atomic E-state index is 0.259. The van der Waals surface area contributed by atoms with Gasteiger partial charge in [-0.25, -0.2) is 4.98 Å². The molecule has 0 amide bonds. The average Bonchev–Trinajstić information content (AvgIpc) is 2.19. The van der Waals surface area contributed by atoms with Crippen molar-refractivity contribution in [1.82, 2.24) is 10.4 Å². The van der Waals surface area contributed by atoms with Crippen LogP contribution in [0.2, 0.25) is 0 Å². The molecule has 13 heavy (non-hydrogen) atoms. The molecule has 1 aromatic rings. The van der Waals surface area contributed by atoms with Crippen LogP contribution in [0.4, 0.5) is 0 Å². The van der Waals surface area contributed by atoms with Gasteiger partial charge in [0.1, 0.15) is 0 Å². The van der Waals surface area contributed by atoms with E-state index >= 15 is 0 Å². The first-order chi connectivity index (χ1) is 6.26. The number of ether oxygens (including phenoxy) is 1. The van der Waals surface area contributed by atoms with Gasteiger partial charge in [0.05, 0.1) is 7.11 Å². The molecule has 0 saturated carbocycles. The summed E-state index contributed by atoms with van der Waals surface area (Å²) in [5.74, 6) is 5.92. The quantitative estimate of drug-likeness (QED) is 0.524. The van der Waals surface area contributed by atoms with E-state index in [1.807, 2.05) is 19.1 Å². The molecule has 0 aromatic carbocycles. The summed E-state index contributed by atoms with van der Waals surface area (Å²) < 4.78 is 4.95. The molecule has 72 valence electrons. The first-order valence-electron chi connectivity index (χ1n) is 4.21.